The van der Waals surface area contributed by atoms with Gasteiger partial charge in [-0.05, 0) is 75.4 Å². The lowest BCUT2D eigenvalue weighted by atomic mass is 9.62. The highest BCUT2D eigenvalue weighted by atomic mass is 28.4. The molecule has 4 atom stereocenters. The van der Waals surface area contributed by atoms with Gasteiger partial charge in [-0.3, -0.25) is 4.79 Å². The van der Waals surface area contributed by atoms with Crippen LogP contribution in [0.25, 0.3) is 0 Å². The smallest absolute Gasteiger partial charge is 0.184 e. The topological polar surface area (TPSA) is 35.5 Å². The molecule has 2 aliphatic rings. The van der Waals surface area contributed by atoms with Crippen LogP contribution in [0.1, 0.15) is 72.6 Å². The third-order valence-electron chi connectivity index (χ3n) is 7.40. The number of fused-ring (bicyclic) bond motifs is 1. The first-order chi connectivity index (χ1) is 13.1. The maximum absolute atomic E-state index is 12.4. The highest BCUT2D eigenvalue weighted by Gasteiger charge is 2.51. The minimum Gasteiger partial charge on any atom is -0.410 e. The van der Waals surface area contributed by atoms with Gasteiger partial charge in [0.2, 0.25) is 0 Å². The van der Waals surface area contributed by atoms with Gasteiger partial charge in [0, 0.05) is 12.3 Å². The van der Waals surface area contributed by atoms with Gasteiger partial charge in [-0.25, -0.2) is 0 Å². The summed E-state index contributed by atoms with van der Waals surface area (Å²) >= 11 is 0. The lowest BCUT2D eigenvalue weighted by Crippen LogP contribution is -2.45. The van der Waals surface area contributed by atoms with Crippen molar-refractivity contribution in [2.75, 3.05) is 13.2 Å². The largest absolute Gasteiger partial charge is 0.410 e. The molecular formula is C24H44O3Si. The summed E-state index contributed by atoms with van der Waals surface area (Å²) < 4.78 is 12.5. The van der Waals surface area contributed by atoms with Crippen LogP contribution in [0, 0.1) is 23.2 Å². The molecule has 0 aliphatic heterocycles. The number of carbonyl (C=O) groups excluding carboxylic acids is 1. The molecule has 0 bridgehead atoms. The van der Waals surface area contributed by atoms with Crippen molar-refractivity contribution in [1.82, 2.24) is 0 Å². The summed E-state index contributed by atoms with van der Waals surface area (Å²) in [7, 11) is -1.60. The van der Waals surface area contributed by atoms with E-state index in [0.717, 1.165) is 32.1 Å². The van der Waals surface area contributed by atoms with Crippen LogP contribution < -0.4 is 0 Å². The molecule has 0 aromatic rings. The van der Waals surface area contributed by atoms with Crippen LogP contribution >= 0.6 is 0 Å². The molecule has 28 heavy (non-hydrogen) atoms. The monoisotopic (exact) mass is 408 g/mol. The molecule has 0 heterocycles. The highest BCUT2D eigenvalue weighted by Crippen LogP contribution is 2.56. The molecule has 2 saturated carbocycles. The molecule has 0 N–H and O–H groups in total. The predicted molar refractivity (Wildman–Crippen MR) is 120 cm³/mol. The zero-order chi connectivity index (χ0) is 21.0. The summed E-state index contributed by atoms with van der Waals surface area (Å²) in [6.07, 6.45) is 11.9. The lowest BCUT2D eigenvalue weighted by Gasteiger charge is -2.41. The Hall–Kier alpha value is -0.453. The van der Waals surface area contributed by atoms with Crippen molar-refractivity contribution in [1.29, 1.82) is 0 Å². The van der Waals surface area contributed by atoms with Crippen LogP contribution in [0.3, 0.4) is 0 Å². The standard InChI is InChI=1S/C24H44O3Si/c1-8-24(9-2,27-28(5,6)7)18-26-17-11-12-19(3)20-14-15-21-22(25)13-10-16-23(20,21)4/h11-12,19-21H,8-10,13-18H2,1-7H3/t19?,20-,21-,23+/m1/s1. The van der Waals surface area contributed by atoms with E-state index in [1.165, 1.54) is 12.8 Å². The van der Waals surface area contributed by atoms with E-state index in [2.05, 4.69) is 59.5 Å². The van der Waals surface area contributed by atoms with E-state index in [-0.39, 0.29) is 11.0 Å². The molecule has 0 spiro atoms. The maximum Gasteiger partial charge on any atom is 0.184 e. The van der Waals surface area contributed by atoms with Crippen LogP contribution in [-0.2, 0) is 14.0 Å². The molecule has 4 heteroatoms. The number of ether oxygens (including phenoxy) is 1. The van der Waals surface area contributed by atoms with Gasteiger partial charge >= 0.3 is 0 Å². The number of hydrogen-bond acceptors (Lipinski definition) is 3. The van der Waals surface area contributed by atoms with Crippen LogP contribution in [0.5, 0.6) is 0 Å². The van der Waals surface area contributed by atoms with Crippen molar-refractivity contribution < 1.29 is 14.0 Å². The maximum atomic E-state index is 12.4. The van der Waals surface area contributed by atoms with E-state index in [9.17, 15) is 4.79 Å². The van der Waals surface area contributed by atoms with E-state index in [4.69, 9.17) is 9.16 Å². The van der Waals surface area contributed by atoms with Crippen molar-refractivity contribution in [2.24, 2.45) is 23.2 Å². The highest BCUT2D eigenvalue weighted by molar-refractivity contribution is 6.69. The van der Waals surface area contributed by atoms with Crippen LogP contribution in [-0.4, -0.2) is 32.9 Å². The Balaban J connectivity index is 1.86. The van der Waals surface area contributed by atoms with E-state index >= 15 is 0 Å². The van der Waals surface area contributed by atoms with Crippen LogP contribution in [0.4, 0.5) is 0 Å². The quantitative estimate of drug-likeness (QED) is 0.239. The second-order valence-corrected chi connectivity index (χ2v) is 14.9. The van der Waals surface area contributed by atoms with Crippen molar-refractivity contribution in [3.63, 3.8) is 0 Å². The van der Waals surface area contributed by atoms with Crippen molar-refractivity contribution >= 4 is 14.1 Å². The molecule has 0 aromatic heterocycles. The summed E-state index contributed by atoms with van der Waals surface area (Å²) in [5, 5.41) is 0. The van der Waals surface area contributed by atoms with Crippen molar-refractivity contribution in [3.05, 3.63) is 12.2 Å². The van der Waals surface area contributed by atoms with Gasteiger partial charge in [0.25, 0.3) is 0 Å². The Morgan fingerprint density at radius 2 is 1.93 bits per heavy atom. The van der Waals surface area contributed by atoms with Crippen molar-refractivity contribution in [3.8, 4) is 0 Å². The molecule has 3 nitrogen and oxygen atoms in total. The first-order valence-corrected chi connectivity index (χ1v) is 14.9. The fraction of sp³-hybridized carbons (Fsp3) is 0.875. The fourth-order valence-electron chi connectivity index (χ4n) is 5.83. The summed E-state index contributed by atoms with van der Waals surface area (Å²) in [6, 6.07) is 0. The van der Waals surface area contributed by atoms with Crippen molar-refractivity contribution in [2.45, 2.75) is 97.9 Å². The first kappa shape index (κ1) is 23.8. The Labute approximate surface area is 174 Å². The third kappa shape index (κ3) is 5.57. The number of carbonyl (C=O) groups is 1. The zero-order valence-corrected chi connectivity index (χ0v) is 20.5. The molecule has 2 rings (SSSR count). The van der Waals surface area contributed by atoms with Gasteiger partial charge in [0.05, 0.1) is 18.8 Å². The molecule has 1 unspecified atom stereocenters. The van der Waals surface area contributed by atoms with Gasteiger partial charge in [-0.15, -0.1) is 0 Å². The average molecular weight is 409 g/mol. The van der Waals surface area contributed by atoms with E-state index in [0.29, 0.717) is 36.8 Å². The fourth-order valence-corrected chi connectivity index (χ4v) is 7.48. The Morgan fingerprint density at radius 1 is 1.25 bits per heavy atom. The molecular weight excluding hydrogens is 364 g/mol. The predicted octanol–water partition coefficient (Wildman–Crippen LogP) is 6.39. The normalized spacial score (nSPS) is 30.0. The molecule has 162 valence electrons. The molecule has 0 aromatic carbocycles. The first-order valence-electron chi connectivity index (χ1n) is 11.5. The second-order valence-electron chi connectivity index (χ2n) is 10.5. The second kappa shape index (κ2) is 9.57. The number of hydrogen-bond donors (Lipinski definition) is 0. The van der Waals surface area contributed by atoms with Gasteiger partial charge < -0.3 is 9.16 Å². The van der Waals surface area contributed by atoms with Gasteiger partial charge in [-0.2, -0.15) is 0 Å². The number of rotatable bonds is 10. The van der Waals surface area contributed by atoms with Crippen LogP contribution in [0.15, 0.2) is 12.2 Å². The van der Waals surface area contributed by atoms with E-state index in [1.807, 2.05) is 0 Å². The zero-order valence-electron chi connectivity index (χ0n) is 19.5. The Bertz CT molecular complexity index is 547. The summed E-state index contributed by atoms with van der Waals surface area (Å²) in [6.45, 7) is 17.2. The third-order valence-corrected chi connectivity index (χ3v) is 8.45. The Kier molecular flexibility index (Phi) is 8.14. The molecule has 2 aliphatic carbocycles. The van der Waals surface area contributed by atoms with Gasteiger partial charge in [0.1, 0.15) is 5.78 Å². The number of ketones is 1. The summed E-state index contributed by atoms with van der Waals surface area (Å²) in [4.78, 5) is 12.4. The summed E-state index contributed by atoms with van der Waals surface area (Å²) in [5.74, 6) is 1.96. The van der Waals surface area contributed by atoms with E-state index in [1.54, 1.807) is 0 Å². The molecule has 0 amide bonds. The SMILES string of the molecule is CCC(CC)(COCC=CC(C)[C@H]1CC[C@@H]2C(=O)CCC[C@]21C)O[Si](C)(C)C. The van der Waals surface area contributed by atoms with Crippen LogP contribution in [0.2, 0.25) is 19.6 Å². The Morgan fingerprint density at radius 3 is 2.54 bits per heavy atom. The van der Waals surface area contributed by atoms with Gasteiger partial charge in [-0.1, -0.05) is 39.8 Å². The lowest BCUT2D eigenvalue weighted by molar-refractivity contribution is -0.129. The molecule has 0 radical (unpaired) electrons. The van der Waals surface area contributed by atoms with E-state index < -0.39 is 8.32 Å². The molecule has 0 saturated heterocycles. The minimum absolute atomic E-state index is 0.140. The summed E-state index contributed by atoms with van der Waals surface area (Å²) in [5.41, 5.74) is 0.0727. The molecule has 2 fully saturated rings. The number of Topliss-reactive ketones (excluding diaryl/α,β-unsaturated/α-hetero) is 1. The number of allylic oxidation sites excluding steroid dienone is 1. The minimum atomic E-state index is -1.60. The van der Waals surface area contributed by atoms with Gasteiger partial charge in [0.15, 0.2) is 8.32 Å². The average Bonchev–Trinajstić information content (AvgIpc) is 2.97.